The summed E-state index contributed by atoms with van der Waals surface area (Å²) in [6.07, 6.45) is 0.869. The van der Waals surface area contributed by atoms with E-state index in [2.05, 4.69) is 5.32 Å². The number of carboxylic acid groups (broad SMARTS) is 1. The van der Waals surface area contributed by atoms with E-state index in [1.165, 1.54) is 0 Å². The second kappa shape index (κ2) is 8.61. The second-order valence-corrected chi connectivity index (χ2v) is 5.11. The summed E-state index contributed by atoms with van der Waals surface area (Å²) in [7, 11) is 0. The van der Waals surface area contributed by atoms with E-state index in [4.69, 9.17) is 5.11 Å². The van der Waals surface area contributed by atoms with Crippen molar-refractivity contribution in [3.8, 4) is 0 Å². The first-order chi connectivity index (χ1) is 9.99. The summed E-state index contributed by atoms with van der Waals surface area (Å²) >= 11 is 0. The molecule has 1 aliphatic heterocycles. The maximum Gasteiger partial charge on any atom is 0.305 e. The van der Waals surface area contributed by atoms with Crippen molar-refractivity contribution in [1.82, 2.24) is 15.1 Å². The highest BCUT2D eigenvalue weighted by atomic mass is 16.4. The Labute approximate surface area is 125 Å². The van der Waals surface area contributed by atoms with Crippen molar-refractivity contribution in [2.45, 2.75) is 39.2 Å². The lowest BCUT2D eigenvalue weighted by Gasteiger charge is -2.34. The molecule has 2 amide bonds. The molecule has 0 radical (unpaired) electrons. The minimum absolute atomic E-state index is 0.108. The van der Waals surface area contributed by atoms with Gasteiger partial charge in [-0.2, -0.15) is 0 Å². The Balaban J connectivity index is 2.46. The number of carbonyl (C=O) groups is 3. The van der Waals surface area contributed by atoms with E-state index in [1.807, 2.05) is 18.7 Å². The number of carboxylic acids is 1. The van der Waals surface area contributed by atoms with Crippen LogP contribution in [0.5, 0.6) is 0 Å². The van der Waals surface area contributed by atoms with Crippen LogP contribution >= 0.6 is 0 Å². The summed E-state index contributed by atoms with van der Waals surface area (Å²) in [5.41, 5.74) is 0. The summed E-state index contributed by atoms with van der Waals surface area (Å²) < 4.78 is 0. The monoisotopic (exact) mass is 299 g/mol. The molecule has 1 fully saturated rings. The molecule has 0 aromatic rings. The molecule has 1 heterocycles. The van der Waals surface area contributed by atoms with E-state index in [-0.39, 0.29) is 18.2 Å². The molecular weight excluding hydrogens is 274 g/mol. The molecule has 0 aliphatic carbocycles. The number of hydrogen-bond acceptors (Lipinski definition) is 4. The molecule has 21 heavy (non-hydrogen) atoms. The molecule has 1 saturated heterocycles. The van der Waals surface area contributed by atoms with E-state index < -0.39 is 12.0 Å². The van der Waals surface area contributed by atoms with Crippen LogP contribution in [0.2, 0.25) is 0 Å². The number of rotatable bonds is 8. The first-order valence-electron chi connectivity index (χ1n) is 7.50. The van der Waals surface area contributed by atoms with Gasteiger partial charge in [0.2, 0.25) is 11.8 Å². The standard InChI is InChI=1S/C14H25N3O4/c1-3-16(4-2)12(18)6-5-8-17-9-7-15-14(21)11(17)10-13(19)20/h11H,3-10H2,1-2H3,(H,15,21)(H,19,20). The topological polar surface area (TPSA) is 90.0 Å². The number of piperazine rings is 1. The molecule has 7 heteroatoms. The molecule has 1 aliphatic rings. The highest BCUT2D eigenvalue weighted by Crippen LogP contribution is 2.11. The minimum atomic E-state index is -0.985. The van der Waals surface area contributed by atoms with Gasteiger partial charge in [0.25, 0.3) is 0 Å². The van der Waals surface area contributed by atoms with Crippen molar-refractivity contribution >= 4 is 17.8 Å². The van der Waals surface area contributed by atoms with E-state index >= 15 is 0 Å². The lowest BCUT2D eigenvalue weighted by atomic mass is 10.1. The molecule has 1 atom stereocenters. The molecule has 1 rings (SSSR count). The number of nitrogens with one attached hydrogen (secondary N) is 1. The number of hydrogen-bond donors (Lipinski definition) is 2. The maximum absolute atomic E-state index is 11.9. The average molecular weight is 299 g/mol. The van der Waals surface area contributed by atoms with Crippen LogP contribution in [0.1, 0.15) is 33.1 Å². The third-order valence-corrected chi connectivity index (χ3v) is 3.76. The third-order valence-electron chi connectivity index (χ3n) is 3.76. The predicted octanol–water partition coefficient (Wildman–Crippen LogP) is -0.0899. The SMILES string of the molecule is CCN(CC)C(=O)CCCN1CCNC(=O)C1CC(=O)O. The quantitative estimate of drug-likeness (QED) is 0.654. The molecular formula is C14H25N3O4. The fraction of sp³-hybridized carbons (Fsp3) is 0.786. The molecule has 0 aromatic heterocycles. The Hall–Kier alpha value is -1.63. The largest absolute Gasteiger partial charge is 0.481 e. The Morgan fingerprint density at radius 2 is 2.05 bits per heavy atom. The van der Waals surface area contributed by atoms with Gasteiger partial charge in [0.05, 0.1) is 12.5 Å². The third kappa shape index (κ3) is 5.34. The summed E-state index contributed by atoms with van der Waals surface area (Å²) in [5, 5.41) is 11.6. The van der Waals surface area contributed by atoms with Crippen LogP contribution in [-0.4, -0.2) is 71.5 Å². The Kier molecular flexibility index (Phi) is 7.14. The normalized spacial score (nSPS) is 19.1. The van der Waals surface area contributed by atoms with Crippen molar-refractivity contribution in [2.24, 2.45) is 0 Å². The van der Waals surface area contributed by atoms with Gasteiger partial charge in [0.1, 0.15) is 0 Å². The Morgan fingerprint density at radius 3 is 2.62 bits per heavy atom. The predicted molar refractivity (Wildman–Crippen MR) is 77.8 cm³/mol. The van der Waals surface area contributed by atoms with E-state index in [9.17, 15) is 14.4 Å². The lowest BCUT2D eigenvalue weighted by molar-refractivity contribution is -0.143. The zero-order chi connectivity index (χ0) is 15.8. The van der Waals surface area contributed by atoms with E-state index in [0.717, 1.165) is 0 Å². The van der Waals surface area contributed by atoms with Gasteiger partial charge in [-0.25, -0.2) is 0 Å². The van der Waals surface area contributed by atoms with Gasteiger partial charge in [-0.1, -0.05) is 0 Å². The highest BCUT2D eigenvalue weighted by molar-refractivity contribution is 5.86. The average Bonchev–Trinajstić information content (AvgIpc) is 2.43. The van der Waals surface area contributed by atoms with Gasteiger partial charge in [-0.3, -0.25) is 19.3 Å². The van der Waals surface area contributed by atoms with Crippen molar-refractivity contribution in [3.05, 3.63) is 0 Å². The number of carbonyl (C=O) groups excluding carboxylic acids is 2. The number of aliphatic carboxylic acids is 1. The lowest BCUT2D eigenvalue weighted by Crippen LogP contribution is -2.56. The van der Waals surface area contributed by atoms with Crippen LogP contribution in [0.3, 0.4) is 0 Å². The minimum Gasteiger partial charge on any atom is -0.481 e. The Bertz CT molecular complexity index is 382. The summed E-state index contributed by atoms with van der Waals surface area (Å²) in [6, 6.07) is -0.625. The fourth-order valence-electron chi connectivity index (χ4n) is 2.58. The van der Waals surface area contributed by atoms with Gasteiger partial charge < -0.3 is 15.3 Å². The van der Waals surface area contributed by atoms with Crippen molar-refractivity contribution in [1.29, 1.82) is 0 Å². The van der Waals surface area contributed by atoms with E-state index in [0.29, 0.717) is 45.6 Å². The van der Waals surface area contributed by atoms with Gasteiger partial charge >= 0.3 is 5.97 Å². The molecule has 7 nitrogen and oxygen atoms in total. The fourth-order valence-corrected chi connectivity index (χ4v) is 2.58. The summed E-state index contributed by atoms with van der Waals surface area (Å²) in [6.45, 7) is 7.01. The van der Waals surface area contributed by atoms with Crippen LogP contribution in [0.4, 0.5) is 0 Å². The van der Waals surface area contributed by atoms with Gasteiger partial charge in [0, 0.05) is 32.6 Å². The molecule has 1 unspecified atom stereocenters. The van der Waals surface area contributed by atoms with Crippen LogP contribution in [0.15, 0.2) is 0 Å². The molecule has 0 spiro atoms. The first kappa shape index (κ1) is 17.4. The molecule has 120 valence electrons. The van der Waals surface area contributed by atoms with Crippen molar-refractivity contribution < 1.29 is 19.5 Å². The van der Waals surface area contributed by atoms with Crippen LogP contribution in [0.25, 0.3) is 0 Å². The first-order valence-corrected chi connectivity index (χ1v) is 7.50. The van der Waals surface area contributed by atoms with Gasteiger partial charge in [0.15, 0.2) is 0 Å². The van der Waals surface area contributed by atoms with Crippen LogP contribution in [-0.2, 0) is 14.4 Å². The molecule has 0 aromatic carbocycles. The smallest absolute Gasteiger partial charge is 0.305 e. The van der Waals surface area contributed by atoms with E-state index in [1.54, 1.807) is 4.90 Å². The second-order valence-electron chi connectivity index (χ2n) is 5.11. The summed E-state index contributed by atoms with van der Waals surface area (Å²) in [5.74, 6) is -1.11. The van der Waals surface area contributed by atoms with Gasteiger partial charge in [-0.15, -0.1) is 0 Å². The highest BCUT2D eigenvalue weighted by Gasteiger charge is 2.31. The van der Waals surface area contributed by atoms with Gasteiger partial charge in [-0.05, 0) is 26.8 Å². The zero-order valence-corrected chi connectivity index (χ0v) is 12.8. The maximum atomic E-state index is 11.9. The molecule has 0 bridgehead atoms. The van der Waals surface area contributed by atoms with Crippen LogP contribution in [0, 0.1) is 0 Å². The summed E-state index contributed by atoms with van der Waals surface area (Å²) in [4.78, 5) is 38.1. The molecule has 2 N–H and O–H groups in total. The Morgan fingerprint density at radius 1 is 1.38 bits per heavy atom. The number of nitrogens with zero attached hydrogens (tertiary/aromatic N) is 2. The van der Waals surface area contributed by atoms with Crippen molar-refractivity contribution in [3.63, 3.8) is 0 Å². The zero-order valence-electron chi connectivity index (χ0n) is 12.8. The van der Waals surface area contributed by atoms with Crippen molar-refractivity contribution in [2.75, 3.05) is 32.7 Å². The number of amides is 2. The molecule has 0 saturated carbocycles. The van der Waals surface area contributed by atoms with Crippen LogP contribution < -0.4 is 5.32 Å².